The lowest BCUT2D eigenvalue weighted by molar-refractivity contribution is -0.121. The molecule has 1 aliphatic rings. The van der Waals surface area contributed by atoms with E-state index in [0.29, 0.717) is 39.2 Å². The molecule has 0 aromatic heterocycles. The van der Waals surface area contributed by atoms with Gasteiger partial charge in [0.25, 0.3) is 0 Å². The highest BCUT2D eigenvalue weighted by atomic mass is 16.6. The van der Waals surface area contributed by atoms with Crippen molar-refractivity contribution in [3.8, 4) is 5.75 Å². The van der Waals surface area contributed by atoms with Gasteiger partial charge in [0.2, 0.25) is 5.91 Å². The lowest BCUT2D eigenvalue weighted by Gasteiger charge is -2.33. The molecule has 0 radical (unpaired) electrons. The monoisotopic (exact) mass is 363 g/mol. The summed E-state index contributed by atoms with van der Waals surface area (Å²) >= 11 is 0. The Balaban J connectivity index is 1.61. The van der Waals surface area contributed by atoms with E-state index in [1.165, 1.54) is 0 Å². The van der Waals surface area contributed by atoms with E-state index >= 15 is 0 Å². The molecule has 0 aliphatic carbocycles. The number of carbonyl (C=O) groups excluding carboxylic acids is 2. The van der Waals surface area contributed by atoms with Crippen LogP contribution in [0.2, 0.25) is 0 Å². The molecular weight excluding hydrogens is 334 g/mol. The Bertz CT molecular complexity index is 586. The van der Waals surface area contributed by atoms with E-state index in [0.717, 1.165) is 30.8 Å². The summed E-state index contributed by atoms with van der Waals surface area (Å²) in [4.78, 5) is 27.6. The number of methoxy groups -OCH3 is 1. The Labute approximate surface area is 155 Å². The Kier molecular flexibility index (Phi) is 8.21. The van der Waals surface area contributed by atoms with Gasteiger partial charge in [-0.05, 0) is 25.0 Å². The van der Waals surface area contributed by atoms with E-state index in [9.17, 15) is 9.59 Å². The summed E-state index contributed by atoms with van der Waals surface area (Å²) in [5.41, 5.74) is 1.09. The van der Waals surface area contributed by atoms with Crippen LogP contribution in [0.15, 0.2) is 24.3 Å². The first-order valence-electron chi connectivity index (χ1n) is 9.16. The van der Waals surface area contributed by atoms with E-state index in [1.807, 2.05) is 24.3 Å². The number of benzene rings is 1. The molecule has 0 saturated carbocycles. The van der Waals surface area contributed by atoms with Crippen molar-refractivity contribution in [3.63, 3.8) is 0 Å². The summed E-state index contributed by atoms with van der Waals surface area (Å²) in [5, 5.41) is 2.96. The van der Waals surface area contributed by atoms with Crippen molar-refractivity contribution in [1.82, 2.24) is 15.1 Å². The molecular formula is C19H29N3O4. The average Bonchev–Trinajstić information content (AvgIpc) is 2.67. The number of carbonyl (C=O) groups is 2. The van der Waals surface area contributed by atoms with Crippen LogP contribution in [0, 0.1) is 0 Å². The molecule has 7 heteroatoms. The lowest BCUT2D eigenvalue weighted by atomic mass is 10.1. The minimum Gasteiger partial charge on any atom is -0.496 e. The third kappa shape index (κ3) is 6.22. The predicted octanol–water partition coefficient (Wildman–Crippen LogP) is 1.52. The number of rotatable bonds is 8. The van der Waals surface area contributed by atoms with Gasteiger partial charge in [0.15, 0.2) is 0 Å². The summed E-state index contributed by atoms with van der Waals surface area (Å²) in [6.45, 7) is 6.34. The van der Waals surface area contributed by atoms with Gasteiger partial charge in [-0.2, -0.15) is 0 Å². The number of ether oxygens (including phenoxy) is 2. The average molecular weight is 363 g/mol. The van der Waals surface area contributed by atoms with Crippen LogP contribution >= 0.6 is 0 Å². The summed E-state index contributed by atoms with van der Waals surface area (Å²) < 4.78 is 10.3. The first-order chi connectivity index (χ1) is 12.6. The van der Waals surface area contributed by atoms with Gasteiger partial charge in [-0.15, -0.1) is 0 Å². The number of piperazine rings is 1. The van der Waals surface area contributed by atoms with Crippen LogP contribution in [0.3, 0.4) is 0 Å². The van der Waals surface area contributed by atoms with Crippen LogP contribution in [-0.2, 0) is 16.0 Å². The predicted molar refractivity (Wildman–Crippen MR) is 99.4 cm³/mol. The van der Waals surface area contributed by atoms with Crippen LogP contribution in [0.1, 0.15) is 18.9 Å². The first-order valence-corrected chi connectivity index (χ1v) is 9.16. The molecule has 0 bridgehead atoms. The van der Waals surface area contributed by atoms with Gasteiger partial charge >= 0.3 is 6.09 Å². The van der Waals surface area contributed by atoms with Crippen molar-refractivity contribution in [2.24, 2.45) is 0 Å². The summed E-state index contributed by atoms with van der Waals surface area (Å²) in [5.74, 6) is 0.897. The highest BCUT2D eigenvalue weighted by Gasteiger charge is 2.21. The van der Waals surface area contributed by atoms with Crippen molar-refractivity contribution in [3.05, 3.63) is 29.8 Å². The molecule has 1 heterocycles. The second kappa shape index (κ2) is 10.7. The van der Waals surface area contributed by atoms with Crippen molar-refractivity contribution in [1.29, 1.82) is 0 Å². The fourth-order valence-corrected chi connectivity index (χ4v) is 2.96. The SMILES string of the molecule is CCOC(=O)N1CCN(CCC(=O)NCCc2ccccc2OC)CC1. The van der Waals surface area contributed by atoms with Crippen molar-refractivity contribution in [2.45, 2.75) is 19.8 Å². The van der Waals surface area contributed by atoms with Crippen molar-refractivity contribution in [2.75, 3.05) is 53.0 Å². The van der Waals surface area contributed by atoms with Crippen LogP contribution in [0.5, 0.6) is 5.75 Å². The number of amides is 2. The maximum Gasteiger partial charge on any atom is 0.409 e. The van der Waals surface area contributed by atoms with E-state index in [2.05, 4.69) is 10.2 Å². The number of hydrogen-bond acceptors (Lipinski definition) is 5. The number of hydrogen-bond donors (Lipinski definition) is 1. The molecule has 2 rings (SSSR count). The Morgan fingerprint density at radius 2 is 1.88 bits per heavy atom. The van der Waals surface area contributed by atoms with E-state index < -0.39 is 0 Å². The van der Waals surface area contributed by atoms with E-state index in [1.54, 1.807) is 18.9 Å². The van der Waals surface area contributed by atoms with Gasteiger partial charge < -0.3 is 19.7 Å². The zero-order valence-electron chi connectivity index (χ0n) is 15.7. The fraction of sp³-hybridized carbons (Fsp3) is 0.579. The molecule has 1 N–H and O–H groups in total. The van der Waals surface area contributed by atoms with Gasteiger partial charge in [-0.3, -0.25) is 9.69 Å². The first kappa shape index (κ1) is 20.0. The molecule has 0 atom stereocenters. The third-order valence-electron chi connectivity index (χ3n) is 4.46. The van der Waals surface area contributed by atoms with Gasteiger partial charge in [-0.25, -0.2) is 4.79 Å². The van der Waals surface area contributed by atoms with Gasteiger partial charge in [0.1, 0.15) is 5.75 Å². The number of nitrogens with zero attached hydrogens (tertiary/aromatic N) is 2. The van der Waals surface area contributed by atoms with Gasteiger partial charge in [0.05, 0.1) is 13.7 Å². The quantitative estimate of drug-likeness (QED) is 0.758. The second-order valence-electron chi connectivity index (χ2n) is 6.19. The zero-order chi connectivity index (χ0) is 18.8. The lowest BCUT2D eigenvalue weighted by Crippen LogP contribution is -2.49. The third-order valence-corrected chi connectivity index (χ3v) is 4.46. The van der Waals surface area contributed by atoms with Gasteiger partial charge in [-0.1, -0.05) is 18.2 Å². The highest BCUT2D eigenvalue weighted by molar-refractivity contribution is 5.76. The second-order valence-corrected chi connectivity index (χ2v) is 6.19. The Hall–Kier alpha value is -2.28. The molecule has 1 saturated heterocycles. The molecule has 0 unspecified atom stereocenters. The molecule has 144 valence electrons. The standard InChI is InChI=1S/C19H29N3O4/c1-3-26-19(24)22-14-12-21(13-15-22)11-9-18(23)20-10-8-16-6-4-5-7-17(16)25-2/h4-7H,3,8-15H2,1-2H3,(H,20,23). The molecule has 1 aromatic rings. The summed E-state index contributed by atoms with van der Waals surface area (Å²) in [6, 6.07) is 7.83. The maximum absolute atomic E-state index is 12.0. The summed E-state index contributed by atoms with van der Waals surface area (Å²) in [6.07, 6.45) is 0.959. The topological polar surface area (TPSA) is 71.1 Å². The maximum atomic E-state index is 12.0. The van der Waals surface area contributed by atoms with Crippen LogP contribution < -0.4 is 10.1 Å². The number of nitrogens with one attached hydrogen (secondary N) is 1. The molecule has 2 amide bonds. The molecule has 0 spiro atoms. The molecule has 1 fully saturated rings. The van der Waals surface area contributed by atoms with Crippen molar-refractivity contribution >= 4 is 12.0 Å². The zero-order valence-corrected chi connectivity index (χ0v) is 15.7. The highest BCUT2D eigenvalue weighted by Crippen LogP contribution is 2.17. The van der Waals surface area contributed by atoms with Gasteiger partial charge in [0, 0.05) is 45.7 Å². The molecule has 26 heavy (non-hydrogen) atoms. The Morgan fingerprint density at radius 3 is 2.58 bits per heavy atom. The minimum atomic E-state index is -0.249. The van der Waals surface area contributed by atoms with Crippen LogP contribution in [0.25, 0.3) is 0 Å². The number of para-hydroxylation sites is 1. The van der Waals surface area contributed by atoms with Crippen LogP contribution in [0.4, 0.5) is 4.79 Å². The normalized spacial score (nSPS) is 14.8. The van der Waals surface area contributed by atoms with E-state index in [-0.39, 0.29) is 12.0 Å². The summed E-state index contributed by atoms with van der Waals surface area (Å²) in [7, 11) is 1.65. The fourth-order valence-electron chi connectivity index (χ4n) is 2.96. The van der Waals surface area contributed by atoms with Crippen molar-refractivity contribution < 1.29 is 19.1 Å². The largest absolute Gasteiger partial charge is 0.496 e. The molecule has 7 nitrogen and oxygen atoms in total. The molecule has 1 aliphatic heterocycles. The Morgan fingerprint density at radius 1 is 1.15 bits per heavy atom. The molecule has 1 aromatic carbocycles. The smallest absolute Gasteiger partial charge is 0.409 e. The van der Waals surface area contributed by atoms with E-state index in [4.69, 9.17) is 9.47 Å². The minimum absolute atomic E-state index is 0.0488. The van der Waals surface area contributed by atoms with Crippen LogP contribution in [-0.4, -0.2) is 74.8 Å².